The summed E-state index contributed by atoms with van der Waals surface area (Å²) in [5.41, 5.74) is 7.31. The zero-order valence-electron chi connectivity index (χ0n) is 9.96. The van der Waals surface area contributed by atoms with E-state index in [1.807, 2.05) is 31.2 Å². The first kappa shape index (κ1) is 12.4. The summed E-state index contributed by atoms with van der Waals surface area (Å²) >= 11 is 0. The van der Waals surface area contributed by atoms with Crippen LogP contribution in [0.1, 0.15) is 31.4 Å². The fourth-order valence-corrected chi connectivity index (χ4v) is 4.00. The predicted octanol–water partition coefficient (Wildman–Crippen LogP) is 1.76. The van der Waals surface area contributed by atoms with Gasteiger partial charge in [-0.15, -0.1) is 0 Å². The highest BCUT2D eigenvalue weighted by Gasteiger charge is 2.30. The Morgan fingerprint density at radius 2 is 1.88 bits per heavy atom. The smallest absolute Gasteiger partial charge is 0.214 e. The van der Waals surface area contributed by atoms with Gasteiger partial charge in [-0.1, -0.05) is 12.1 Å². The van der Waals surface area contributed by atoms with Crippen molar-refractivity contribution in [3.8, 4) is 0 Å². The van der Waals surface area contributed by atoms with Crippen LogP contribution in [0.4, 0.5) is 5.69 Å². The molecule has 17 heavy (non-hydrogen) atoms. The predicted molar refractivity (Wildman–Crippen MR) is 69.0 cm³/mol. The quantitative estimate of drug-likeness (QED) is 0.818. The summed E-state index contributed by atoms with van der Waals surface area (Å²) in [6.45, 7) is 2.54. The summed E-state index contributed by atoms with van der Waals surface area (Å²) in [6.07, 6.45) is 1.71. The number of sulfonamides is 1. The SMILES string of the molecule is CC(c1ccc(N)cc1)N1CCCCS1(=O)=O. The molecule has 0 bridgehead atoms. The van der Waals surface area contributed by atoms with Crippen LogP contribution >= 0.6 is 0 Å². The Balaban J connectivity index is 2.24. The number of rotatable bonds is 2. The molecule has 1 aliphatic rings. The molecule has 5 heteroatoms. The molecule has 1 unspecified atom stereocenters. The van der Waals surface area contributed by atoms with Gasteiger partial charge in [0.2, 0.25) is 10.0 Å². The van der Waals surface area contributed by atoms with Gasteiger partial charge in [0.05, 0.1) is 5.75 Å². The molecule has 0 saturated carbocycles. The number of nitrogens with two attached hydrogens (primary N) is 1. The van der Waals surface area contributed by atoms with E-state index in [1.54, 1.807) is 4.31 Å². The molecule has 1 aromatic rings. The topological polar surface area (TPSA) is 63.4 Å². The average Bonchev–Trinajstić information content (AvgIpc) is 2.28. The lowest BCUT2D eigenvalue weighted by Gasteiger charge is -2.31. The van der Waals surface area contributed by atoms with Gasteiger partial charge in [0, 0.05) is 18.3 Å². The first-order valence-electron chi connectivity index (χ1n) is 5.86. The summed E-state index contributed by atoms with van der Waals surface area (Å²) in [5, 5.41) is 0. The van der Waals surface area contributed by atoms with Gasteiger partial charge in [-0.25, -0.2) is 8.42 Å². The Hall–Kier alpha value is -1.07. The minimum absolute atomic E-state index is 0.110. The van der Waals surface area contributed by atoms with E-state index in [4.69, 9.17) is 5.73 Å². The van der Waals surface area contributed by atoms with Crippen molar-refractivity contribution in [3.05, 3.63) is 29.8 Å². The Labute approximate surface area is 102 Å². The fraction of sp³-hybridized carbons (Fsp3) is 0.500. The molecule has 2 rings (SSSR count). The number of hydrogen-bond donors (Lipinski definition) is 1. The highest BCUT2D eigenvalue weighted by molar-refractivity contribution is 7.89. The Morgan fingerprint density at radius 1 is 1.24 bits per heavy atom. The van der Waals surface area contributed by atoms with Gasteiger partial charge >= 0.3 is 0 Å². The van der Waals surface area contributed by atoms with Crippen molar-refractivity contribution in [1.29, 1.82) is 0 Å². The van der Waals surface area contributed by atoms with Crippen molar-refractivity contribution in [2.75, 3.05) is 18.0 Å². The second kappa shape index (κ2) is 4.66. The minimum atomic E-state index is -3.08. The van der Waals surface area contributed by atoms with Crippen LogP contribution in [0.2, 0.25) is 0 Å². The van der Waals surface area contributed by atoms with Crippen LogP contribution in [0.25, 0.3) is 0 Å². The second-order valence-electron chi connectivity index (χ2n) is 4.48. The number of nitrogens with zero attached hydrogens (tertiary/aromatic N) is 1. The largest absolute Gasteiger partial charge is 0.399 e. The Bertz CT molecular complexity index is 482. The maximum Gasteiger partial charge on any atom is 0.214 e. The zero-order chi connectivity index (χ0) is 12.5. The Morgan fingerprint density at radius 3 is 2.47 bits per heavy atom. The van der Waals surface area contributed by atoms with Crippen molar-refractivity contribution < 1.29 is 8.42 Å². The fourth-order valence-electron chi connectivity index (χ4n) is 2.18. The molecule has 1 heterocycles. The van der Waals surface area contributed by atoms with Gasteiger partial charge in [-0.05, 0) is 37.5 Å². The summed E-state index contributed by atoms with van der Waals surface area (Å²) in [4.78, 5) is 0. The number of hydrogen-bond acceptors (Lipinski definition) is 3. The van der Waals surface area contributed by atoms with Crippen LogP contribution in [0.15, 0.2) is 24.3 Å². The molecule has 1 aliphatic heterocycles. The van der Waals surface area contributed by atoms with Crippen LogP contribution < -0.4 is 5.73 Å². The van der Waals surface area contributed by atoms with Crippen LogP contribution in [0.5, 0.6) is 0 Å². The molecule has 94 valence electrons. The third kappa shape index (κ3) is 2.61. The standard InChI is InChI=1S/C12H18N2O2S/c1-10(11-4-6-12(13)7-5-11)14-8-2-3-9-17(14,15)16/h4-7,10H,2-3,8-9,13H2,1H3. The highest BCUT2D eigenvalue weighted by Crippen LogP contribution is 2.27. The maximum absolute atomic E-state index is 12.0. The second-order valence-corrected chi connectivity index (χ2v) is 6.52. The van der Waals surface area contributed by atoms with Gasteiger partial charge in [0.1, 0.15) is 0 Å². The van der Waals surface area contributed by atoms with Crippen molar-refractivity contribution >= 4 is 15.7 Å². The maximum atomic E-state index is 12.0. The van der Waals surface area contributed by atoms with Crippen LogP contribution in [-0.2, 0) is 10.0 Å². The van der Waals surface area contributed by atoms with E-state index in [1.165, 1.54) is 0 Å². The number of nitrogen functional groups attached to an aromatic ring is 1. The first-order chi connectivity index (χ1) is 8.00. The molecule has 1 aromatic carbocycles. The lowest BCUT2D eigenvalue weighted by Crippen LogP contribution is -2.39. The monoisotopic (exact) mass is 254 g/mol. The van der Waals surface area contributed by atoms with E-state index in [0.29, 0.717) is 12.2 Å². The summed E-state index contributed by atoms with van der Waals surface area (Å²) < 4.78 is 25.5. The van der Waals surface area contributed by atoms with Crippen molar-refractivity contribution in [1.82, 2.24) is 4.31 Å². The summed E-state index contributed by atoms with van der Waals surface area (Å²) in [6, 6.07) is 7.29. The van der Waals surface area contributed by atoms with E-state index in [-0.39, 0.29) is 11.8 Å². The van der Waals surface area contributed by atoms with Crippen LogP contribution in [-0.4, -0.2) is 25.0 Å². The van der Waals surface area contributed by atoms with E-state index in [2.05, 4.69) is 0 Å². The van der Waals surface area contributed by atoms with Gasteiger partial charge in [-0.3, -0.25) is 0 Å². The van der Waals surface area contributed by atoms with E-state index in [9.17, 15) is 8.42 Å². The van der Waals surface area contributed by atoms with Gasteiger partial charge in [-0.2, -0.15) is 4.31 Å². The summed E-state index contributed by atoms with van der Waals surface area (Å²) in [5.74, 6) is 0.270. The van der Waals surface area contributed by atoms with E-state index < -0.39 is 10.0 Å². The summed E-state index contributed by atoms with van der Waals surface area (Å²) in [7, 11) is -3.08. The van der Waals surface area contributed by atoms with Crippen LogP contribution in [0.3, 0.4) is 0 Å². The zero-order valence-corrected chi connectivity index (χ0v) is 10.8. The highest BCUT2D eigenvalue weighted by atomic mass is 32.2. The van der Waals surface area contributed by atoms with Crippen molar-refractivity contribution in [3.63, 3.8) is 0 Å². The molecule has 0 spiro atoms. The molecule has 0 radical (unpaired) electrons. The van der Waals surface area contributed by atoms with Crippen molar-refractivity contribution in [2.24, 2.45) is 0 Å². The molecular formula is C12H18N2O2S. The molecule has 1 fully saturated rings. The molecule has 1 atom stereocenters. The Kier molecular flexibility index (Phi) is 3.40. The normalized spacial score (nSPS) is 22.2. The first-order valence-corrected chi connectivity index (χ1v) is 7.46. The average molecular weight is 254 g/mol. The van der Waals surface area contributed by atoms with E-state index in [0.717, 1.165) is 18.4 Å². The van der Waals surface area contributed by atoms with Gasteiger partial charge in [0.15, 0.2) is 0 Å². The lowest BCUT2D eigenvalue weighted by molar-refractivity contribution is 0.322. The number of anilines is 1. The molecule has 1 saturated heterocycles. The molecule has 0 amide bonds. The molecule has 2 N–H and O–H groups in total. The lowest BCUT2D eigenvalue weighted by atomic mass is 10.1. The van der Waals surface area contributed by atoms with Crippen LogP contribution in [0, 0.1) is 0 Å². The molecule has 4 nitrogen and oxygen atoms in total. The third-order valence-corrected chi connectivity index (χ3v) is 5.26. The van der Waals surface area contributed by atoms with Crippen molar-refractivity contribution in [2.45, 2.75) is 25.8 Å². The van der Waals surface area contributed by atoms with Gasteiger partial charge < -0.3 is 5.73 Å². The minimum Gasteiger partial charge on any atom is -0.399 e. The van der Waals surface area contributed by atoms with Gasteiger partial charge in [0.25, 0.3) is 0 Å². The molecular weight excluding hydrogens is 236 g/mol. The molecule has 0 aromatic heterocycles. The number of benzene rings is 1. The molecule has 0 aliphatic carbocycles. The van der Waals surface area contributed by atoms with E-state index >= 15 is 0 Å². The third-order valence-electron chi connectivity index (χ3n) is 3.24.